The second-order valence-corrected chi connectivity index (χ2v) is 2.60. The van der Waals surface area contributed by atoms with Gasteiger partial charge in [0.05, 0.1) is 25.5 Å². The Morgan fingerprint density at radius 3 is 3.18 bits per heavy atom. The minimum Gasteiger partial charge on any atom is -0.468 e. The van der Waals surface area contributed by atoms with E-state index in [1.54, 1.807) is 6.26 Å². The molecule has 0 aliphatic carbocycles. The van der Waals surface area contributed by atoms with Crippen LogP contribution in [0, 0.1) is 0 Å². The van der Waals surface area contributed by atoms with Crippen LogP contribution in [-0.2, 0) is 4.74 Å². The first-order chi connectivity index (χ1) is 5.47. The molecule has 3 nitrogen and oxygen atoms in total. The number of nitrogens with one attached hydrogen (secondary N) is 1. The number of hydrogen-bond acceptors (Lipinski definition) is 3. The third-order valence-corrected chi connectivity index (χ3v) is 1.81. The molecule has 60 valence electrons. The number of morpholine rings is 1. The lowest BCUT2D eigenvalue weighted by Crippen LogP contribution is -2.34. The maximum Gasteiger partial charge on any atom is 0.123 e. The lowest BCUT2D eigenvalue weighted by Gasteiger charge is -2.21. The van der Waals surface area contributed by atoms with E-state index in [1.165, 1.54) is 0 Å². The highest BCUT2D eigenvalue weighted by Gasteiger charge is 2.16. The summed E-state index contributed by atoms with van der Waals surface area (Å²) in [4.78, 5) is 0. The van der Waals surface area contributed by atoms with Crippen LogP contribution in [0.4, 0.5) is 0 Å². The average molecular weight is 153 g/mol. The molecule has 2 heterocycles. The molecule has 1 aromatic heterocycles. The van der Waals surface area contributed by atoms with Gasteiger partial charge in [0.1, 0.15) is 5.76 Å². The smallest absolute Gasteiger partial charge is 0.123 e. The zero-order valence-corrected chi connectivity index (χ0v) is 6.25. The fourth-order valence-corrected chi connectivity index (χ4v) is 1.24. The van der Waals surface area contributed by atoms with E-state index in [2.05, 4.69) is 5.32 Å². The van der Waals surface area contributed by atoms with Crippen LogP contribution in [0.5, 0.6) is 0 Å². The Morgan fingerprint density at radius 1 is 1.55 bits per heavy atom. The van der Waals surface area contributed by atoms with E-state index in [0.717, 1.165) is 18.9 Å². The molecule has 1 aromatic rings. The summed E-state index contributed by atoms with van der Waals surface area (Å²) in [7, 11) is 0. The lowest BCUT2D eigenvalue weighted by molar-refractivity contribution is 0.0699. The van der Waals surface area contributed by atoms with E-state index >= 15 is 0 Å². The van der Waals surface area contributed by atoms with Crippen molar-refractivity contribution in [2.45, 2.75) is 6.04 Å². The Bertz CT molecular complexity index is 202. The van der Waals surface area contributed by atoms with Gasteiger partial charge in [-0.2, -0.15) is 0 Å². The number of furan rings is 1. The van der Waals surface area contributed by atoms with Crippen LogP contribution in [-0.4, -0.2) is 19.8 Å². The Balaban J connectivity index is 2.04. The summed E-state index contributed by atoms with van der Waals surface area (Å²) in [5, 5.41) is 3.30. The van der Waals surface area contributed by atoms with Crippen molar-refractivity contribution >= 4 is 0 Å². The molecule has 2 rings (SSSR count). The highest BCUT2D eigenvalue weighted by atomic mass is 16.5. The summed E-state index contributed by atoms with van der Waals surface area (Å²) in [6.45, 7) is 2.43. The van der Waals surface area contributed by atoms with Crippen LogP contribution in [0.25, 0.3) is 0 Å². The monoisotopic (exact) mass is 153 g/mol. The van der Waals surface area contributed by atoms with E-state index in [1.807, 2.05) is 12.1 Å². The molecule has 0 bridgehead atoms. The molecule has 1 fully saturated rings. The van der Waals surface area contributed by atoms with Crippen molar-refractivity contribution in [2.75, 3.05) is 19.8 Å². The van der Waals surface area contributed by atoms with Crippen LogP contribution in [0.3, 0.4) is 0 Å². The van der Waals surface area contributed by atoms with E-state index in [0.29, 0.717) is 6.61 Å². The predicted octanol–water partition coefficient (Wildman–Crippen LogP) is 0.940. The Kier molecular flexibility index (Phi) is 1.92. The predicted molar refractivity (Wildman–Crippen MR) is 40.3 cm³/mol. The molecule has 0 radical (unpaired) electrons. The summed E-state index contributed by atoms with van der Waals surface area (Å²) in [6, 6.07) is 4.11. The quantitative estimate of drug-likeness (QED) is 0.652. The SMILES string of the molecule is c1coc([C@@H]2COCCN2)c1. The molecule has 3 heteroatoms. The zero-order chi connectivity index (χ0) is 7.52. The fourth-order valence-electron chi connectivity index (χ4n) is 1.24. The number of hydrogen-bond donors (Lipinski definition) is 1. The zero-order valence-electron chi connectivity index (χ0n) is 6.25. The molecule has 1 atom stereocenters. The van der Waals surface area contributed by atoms with Crippen molar-refractivity contribution < 1.29 is 9.15 Å². The standard InChI is InChI=1S/C8H11NO2/c1-2-8(11-4-1)7-6-10-5-3-9-7/h1-2,4,7,9H,3,5-6H2/t7-/m0/s1. The fraction of sp³-hybridized carbons (Fsp3) is 0.500. The van der Waals surface area contributed by atoms with Crippen LogP contribution >= 0.6 is 0 Å². The second-order valence-electron chi connectivity index (χ2n) is 2.60. The Morgan fingerprint density at radius 2 is 2.55 bits per heavy atom. The molecule has 1 saturated heterocycles. The average Bonchev–Trinajstić information content (AvgIpc) is 2.58. The Hall–Kier alpha value is -0.800. The minimum absolute atomic E-state index is 0.249. The lowest BCUT2D eigenvalue weighted by atomic mass is 10.2. The summed E-state index contributed by atoms with van der Waals surface area (Å²) in [6.07, 6.45) is 1.69. The van der Waals surface area contributed by atoms with Crippen LogP contribution in [0.1, 0.15) is 11.8 Å². The van der Waals surface area contributed by atoms with Crippen molar-refractivity contribution in [1.82, 2.24) is 5.32 Å². The van der Waals surface area contributed by atoms with Gasteiger partial charge in [0.25, 0.3) is 0 Å². The molecule has 0 spiro atoms. The molecule has 0 aromatic carbocycles. The van der Waals surface area contributed by atoms with Crippen molar-refractivity contribution in [3.8, 4) is 0 Å². The first-order valence-corrected chi connectivity index (χ1v) is 3.81. The van der Waals surface area contributed by atoms with Gasteiger partial charge in [0, 0.05) is 6.54 Å². The molecule has 1 N–H and O–H groups in total. The van der Waals surface area contributed by atoms with Gasteiger partial charge in [-0.1, -0.05) is 0 Å². The first-order valence-electron chi connectivity index (χ1n) is 3.81. The minimum atomic E-state index is 0.249. The van der Waals surface area contributed by atoms with Gasteiger partial charge < -0.3 is 14.5 Å². The molecule has 0 amide bonds. The topological polar surface area (TPSA) is 34.4 Å². The van der Waals surface area contributed by atoms with Crippen molar-refractivity contribution in [3.05, 3.63) is 24.2 Å². The molecular weight excluding hydrogens is 142 g/mol. The van der Waals surface area contributed by atoms with Crippen LogP contribution in [0.2, 0.25) is 0 Å². The van der Waals surface area contributed by atoms with E-state index in [-0.39, 0.29) is 6.04 Å². The van der Waals surface area contributed by atoms with Crippen LogP contribution in [0.15, 0.2) is 22.8 Å². The maximum absolute atomic E-state index is 5.28. The molecule has 1 aliphatic rings. The van der Waals surface area contributed by atoms with E-state index in [4.69, 9.17) is 9.15 Å². The van der Waals surface area contributed by atoms with Crippen molar-refractivity contribution in [2.24, 2.45) is 0 Å². The van der Waals surface area contributed by atoms with Crippen molar-refractivity contribution in [3.63, 3.8) is 0 Å². The molecule has 1 aliphatic heterocycles. The van der Waals surface area contributed by atoms with Gasteiger partial charge in [0.15, 0.2) is 0 Å². The van der Waals surface area contributed by atoms with Crippen molar-refractivity contribution in [1.29, 1.82) is 0 Å². The number of rotatable bonds is 1. The third kappa shape index (κ3) is 1.44. The summed E-state index contributed by atoms with van der Waals surface area (Å²) < 4.78 is 10.5. The van der Waals surface area contributed by atoms with Gasteiger partial charge in [-0.25, -0.2) is 0 Å². The van der Waals surface area contributed by atoms with Gasteiger partial charge >= 0.3 is 0 Å². The molecular formula is C8H11NO2. The largest absolute Gasteiger partial charge is 0.468 e. The van der Waals surface area contributed by atoms with E-state index in [9.17, 15) is 0 Å². The first kappa shape index (κ1) is 6.88. The Labute approximate surface area is 65.3 Å². The van der Waals surface area contributed by atoms with Gasteiger partial charge in [-0.15, -0.1) is 0 Å². The van der Waals surface area contributed by atoms with Gasteiger partial charge in [-0.3, -0.25) is 0 Å². The highest BCUT2D eigenvalue weighted by molar-refractivity contribution is 5.04. The molecule has 0 saturated carbocycles. The van der Waals surface area contributed by atoms with Gasteiger partial charge in [0.2, 0.25) is 0 Å². The molecule has 0 unspecified atom stereocenters. The second kappa shape index (κ2) is 3.07. The van der Waals surface area contributed by atoms with Crippen LogP contribution < -0.4 is 5.32 Å². The highest BCUT2D eigenvalue weighted by Crippen LogP contribution is 2.15. The maximum atomic E-state index is 5.28. The summed E-state index contributed by atoms with van der Waals surface area (Å²) in [5.41, 5.74) is 0. The summed E-state index contributed by atoms with van der Waals surface area (Å²) in [5.74, 6) is 0.963. The molecule has 11 heavy (non-hydrogen) atoms. The van der Waals surface area contributed by atoms with E-state index < -0.39 is 0 Å². The third-order valence-electron chi connectivity index (χ3n) is 1.81. The number of ether oxygens (including phenoxy) is 1. The summed E-state index contributed by atoms with van der Waals surface area (Å²) >= 11 is 0. The normalized spacial score (nSPS) is 25.3. The van der Waals surface area contributed by atoms with Gasteiger partial charge in [-0.05, 0) is 12.1 Å².